The summed E-state index contributed by atoms with van der Waals surface area (Å²) in [5.41, 5.74) is 8.80. The first kappa shape index (κ1) is 11.6. The summed E-state index contributed by atoms with van der Waals surface area (Å²) in [6, 6.07) is 9.97. The highest BCUT2D eigenvalue weighted by Gasteiger charge is 2.14. The Balaban J connectivity index is 1.94. The minimum absolute atomic E-state index is 0.339. The molecule has 1 aromatic carbocycles. The summed E-state index contributed by atoms with van der Waals surface area (Å²) in [4.78, 5) is 13.2. The van der Waals surface area contributed by atoms with Crippen molar-refractivity contribution in [3.8, 4) is 17.1 Å². The van der Waals surface area contributed by atoms with E-state index in [1.807, 2.05) is 36.5 Å². The first-order chi connectivity index (χ1) is 10.3. The van der Waals surface area contributed by atoms with Gasteiger partial charge in [-0.1, -0.05) is 30.3 Å². The van der Waals surface area contributed by atoms with E-state index in [2.05, 4.69) is 25.1 Å². The fraction of sp³-hybridized carbons (Fsp3) is 0. The van der Waals surface area contributed by atoms with E-state index in [1.54, 1.807) is 12.4 Å². The third-order valence-corrected chi connectivity index (χ3v) is 3.23. The predicted octanol–water partition coefficient (Wildman–Crippen LogP) is 1.79. The topological polar surface area (TPSA) is 98.3 Å². The summed E-state index contributed by atoms with van der Waals surface area (Å²) in [6.07, 6.45) is 5.01. The van der Waals surface area contributed by atoms with Gasteiger partial charge in [-0.25, -0.2) is 0 Å². The minimum atomic E-state index is 0.339. The standard InChI is InChI=1S/C14H11N7/c15-12-11-10(9-4-2-1-3-5-9)8-16-13(11)20-14(19-12)21-17-6-7-18-21/h1-8H,(H3,15,16,19,20). The Kier molecular flexibility index (Phi) is 2.43. The molecular formula is C14H11N7. The van der Waals surface area contributed by atoms with Crippen LogP contribution in [0.25, 0.3) is 28.1 Å². The van der Waals surface area contributed by atoms with E-state index < -0.39 is 0 Å². The Hall–Kier alpha value is -3.22. The van der Waals surface area contributed by atoms with E-state index in [9.17, 15) is 0 Å². The Morgan fingerprint density at radius 1 is 1.00 bits per heavy atom. The van der Waals surface area contributed by atoms with Crippen LogP contribution in [0.5, 0.6) is 0 Å². The summed E-state index contributed by atoms with van der Waals surface area (Å²) in [5, 5.41) is 8.82. The molecule has 21 heavy (non-hydrogen) atoms. The van der Waals surface area contributed by atoms with Gasteiger partial charge in [-0.05, 0) is 5.56 Å². The van der Waals surface area contributed by atoms with Gasteiger partial charge in [0.2, 0.25) is 0 Å². The lowest BCUT2D eigenvalue weighted by Gasteiger charge is -2.03. The van der Waals surface area contributed by atoms with Gasteiger partial charge in [0.15, 0.2) is 0 Å². The van der Waals surface area contributed by atoms with E-state index in [0.29, 0.717) is 17.4 Å². The van der Waals surface area contributed by atoms with Crippen LogP contribution in [0, 0.1) is 0 Å². The Morgan fingerprint density at radius 2 is 1.76 bits per heavy atom. The lowest BCUT2D eigenvalue weighted by Crippen LogP contribution is -2.07. The number of aromatic nitrogens is 6. The fourth-order valence-corrected chi connectivity index (χ4v) is 2.30. The molecule has 0 aliphatic carbocycles. The molecule has 0 saturated carbocycles. The van der Waals surface area contributed by atoms with Crippen molar-refractivity contribution in [3.63, 3.8) is 0 Å². The van der Waals surface area contributed by atoms with Crippen LogP contribution in [0.4, 0.5) is 5.82 Å². The monoisotopic (exact) mass is 277 g/mol. The normalized spacial score (nSPS) is 11.0. The van der Waals surface area contributed by atoms with Gasteiger partial charge in [0.1, 0.15) is 11.5 Å². The molecule has 4 aromatic rings. The van der Waals surface area contributed by atoms with E-state index in [0.717, 1.165) is 16.5 Å². The number of benzene rings is 1. The van der Waals surface area contributed by atoms with Crippen molar-refractivity contribution < 1.29 is 0 Å². The van der Waals surface area contributed by atoms with Crippen LogP contribution in [0.3, 0.4) is 0 Å². The van der Waals surface area contributed by atoms with Gasteiger partial charge < -0.3 is 10.7 Å². The average Bonchev–Trinajstić information content (AvgIpc) is 3.17. The zero-order valence-electron chi connectivity index (χ0n) is 10.9. The van der Waals surface area contributed by atoms with E-state index in [-0.39, 0.29) is 0 Å². The molecular weight excluding hydrogens is 266 g/mol. The highest BCUT2D eigenvalue weighted by atomic mass is 15.5. The smallest absolute Gasteiger partial charge is 0.272 e. The third-order valence-electron chi connectivity index (χ3n) is 3.23. The van der Waals surface area contributed by atoms with E-state index in [4.69, 9.17) is 5.73 Å². The molecule has 0 amide bonds. The molecule has 0 radical (unpaired) electrons. The number of nitrogen functional groups attached to an aromatic ring is 1. The molecule has 3 aromatic heterocycles. The Morgan fingerprint density at radius 3 is 2.52 bits per heavy atom. The number of hydrogen-bond donors (Lipinski definition) is 2. The maximum atomic E-state index is 6.11. The molecule has 3 N–H and O–H groups in total. The lowest BCUT2D eigenvalue weighted by atomic mass is 10.1. The molecule has 4 rings (SSSR count). The van der Waals surface area contributed by atoms with Crippen LogP contribution in [0.15, 0.2) is 48.9 Å². The molecule has 0 atom stereocenters. The van der Waals surface area contributed by atoms with Crippen molar-refractivity contribution in [1.82, 2.24) is 29.9 Å². The summed E-state index contributed by atoms with van der Waals surface area (Å²) in [5.74, 6) is 0.735. The molecule has 7 nitrogen and oxygen atoms in total. The van der Waals surface area contributed by atoms with Crippen LogP contribution in [0.1, 0.15) is 0 Å². The maximum absolute atomic E-state index is 6.11. The number of hydrogen-bond acceptors (Lipinski definition) is 5. The van der Waals surface area contributed by atoms with Crippen LogP contribution < -0.4 is 5.73 Å². The quantitative estimate of drug-likeness (QED) is 0.582. The van der Waals surface area contributed by atoms with Crippen molar-refractivity contribution in [2.45, 2.75) is 0 Å². The second kappa shape index (κ2) is 4.41. The molecule has 0 unspecified atom stereocenters. The number of nitrogens with one attached hydrogen (secondary N) is 1. The van der Waals surface area contributed by atoms with Crippen molar-refractivity contribution in [2.24, 2.45) is 0 Å². The van der Waals surface area contributed by atoms with E-state index in [1.165, 1.54) is 4.80 Å². The number of nitrogens with two attached hydrogens (primary N) is 1. The molecule has 0 spiro atoms. The number of fused-ring (bicyclic) bond motifs is 1. The molecule has 0 fully saturated rings. The predicted molar refractivity (Wildman–Crippen MR) is 78.7 cm³/mol. The second-order valence-electron chi connectivity index (χ2n) is 4.52. The summed E-state index contributed by atoms with van der Waals surface area (Å²) < 4.78 is 0. The number of anilines is 1. The molecule has 0 aliphatic heterocycles. The van der Waals surface area contributed by atoms with Crippen molar-refractivity contribution in [2.75, 3.05) is 5.73 Å². The summed E-state index contributed by atoms with van der Waals surface area (Å²) in [7, 11) is 0. The van der Waals surface area contributed by atoms with Gasteiger partial charge in [0.05, 0.1) is 17.8 Å². The SMILES string of the molecule is Nc1nc(-n2nccn2)nc2[nH]cc(-c3ccccc3)c12. The minimum Gasteiger partial charge on any atom is -0.383 e. The number of H-pyrrole nitrogens is 1. The van der Waals surface area contributed by atoms with Gasteiger partial charge >= 0.3 is 0 Å². The van der Waals surface area contributed by atoms with Gasteiger partial charge in [0, 0.05) is 11.8 Å². The number of rotatable bonds is 2. The Labute approximate surface area is 119 Å². The first-order valence-corrected chi connectivity index (χ1v) is 6.39. The van der Waals surface area contributed by atoms with Crippen LogP contribution >= 0.6 is 0 Å². The fourth-order valence-electron chi connectivity index (χ4n) is 2.30. The van der Waals surface area contributed by atoms with Crippen molar-refractivity contribution in [1.29, 1.82) is 0 Å². The number of nitrogens with zero attached hydrogens (tertiary/aromatic N) is 5. The Bertz CT molecular complexity index is 894. The van der Waals surface area contributed by atoms with Crippen LogP contribution in [-0.2, 0) is 0 Å². The van der Waals surface area contributed by atoms with Crippen molar-refractivity contribution >= 4 is 16.9 Å². The molecule has 3 heterocycles. The molecule has 0 bridgehead atoms. The zero-order valence-corrected chi connectivity index (χ0v) is 10.9. The molecule has 102 valence electrons. The van der Waals surface area contributed by atoms with Crippen LogP contribution in [0.2, 0.25) is 0 Å². The van der Waals surface area contributed by atoms with Gasteiger partial charge in [-0.3, -0.25) is 0 Å². The van der Waals surface area contributed by atoms with E-state index >= 15 is 0 Å². The lowest BCUT2D eigenvalue weighted by molar-refractivity contribution is 0.708. The largest absolute Gasteiger partial charge is 0.383 e. The van der Waals surface area contributed by atoms with Gasteiger partial charge in [-0.2, -0.15) is 20.2 Å². The van der Waals surface area contributed by atoms with Gasteiger partial charge in [-0.15, -0.1) is 4.80 Å². The summed E-state index contributed by atoms with van der Waals surface area (Å²) >= 11 is 0. The molecule has 0 aliphatic rings. The maximum Gasteiger partial charge on any atom is 0.272 e. The van der Waals surface area contributed by atoms with Gasteiger partial charge in [0.25, 0.3) is 5.95 Å². The zero-order chi connectivity index (χ0) is 14.2. The van der Waals surface area contributed by atoms with Crippen molar-refractivity contribution in [3.05, 3.63) is 48.9 Å². The number of aromatic amines is 1. The second-order valence-corrected chi connectivity index (χ2v) is 4.52. The van der Waals surface area contributed by atoms with Crippen LogP contribution in [-0.4, -0.2) is 29.9 Å². The summed E-state index contributed by atoms with van der Waals surface area (Å²) in [6.45, 7) is 0. The molecule has 0 saturated heterocycles. The third kappa shape index (κ3) is 1.83. The molecule has 7 heteroatoms. The highest BCUT2D eigenvalue weighted by Crippen LogP contribution is 2.31. The average molecular weight is 277 g/mol. The first-order valence-electron chi connectivity index (χ1n) is 6.39. The highest BCUT2D eigenvalue weighted by molar-refractivity contribution is 6.00.